The van der Waals surface area contributed by atoms with Crippen LogP contribution in [0.4, 0.5) is 11.4 Å². The van der Waals surface area contributed by atoms with Gasteiger partial charge in [0.25, 0.3) is 5.91 Å². The second-order valence-electron chi connectivity index (χ2n) is 8.90. The van der Waals surface area contributed by atoms with Gasteiger partial charge in [-0.25, -0.2) is 0 Å². The fourth-order valence-electron chi connectivity index (χ4n) is 4.80. The number of anilines is 2. The number of amides is 2. The monoisotopic (exact) mass is 474 g/mol. The molecule has 0 radical (unpaired) electrons. The van der Waals surface area contributed by atoms with Gasteiger partial charge in [-0.15, -0.1) is 0 Å². The van der Waals surface area contributed by atoms with Crippen molar-refractivity contribution in [1.82, 2.24) is 9.80 Å². The van der Waals surface area contributed by atoms with Gasteiger partial charge in [-0.1, -0.05) is 6.07 Å². The number of nitrogens with zero attached hydrogens (tertiary/aromatic N) is 3. The van der Waals surface area contributed by atoms with Crippen LogP contribution in [-0.4, -0.2) is 53.8 Å². The lowest BCUT2D eigenvalue weighted by molar-refractivity contribution is 0.0772. The Morgan fingerprint density at radius 2 is 1.66 bits per heavy atom. The predicted molar refractivity (Wildman–Crippen MR) is 138 cm³/mol. The fraction of sp³-hybridized carbons (Fsp3) is 0.357. The number of primary amides is 1. The molecule has 35 heavy (non-hydrogen) atoms. The highest BCUT2D eigenvalue weighted by atomic mass is 16.3. The molecule has 0 saturated carbocycles. The molecule has 0 bridgehead atoms. The number of hydrogen-bond acceptors (Lipinski definition) is 5. The third-order valence-corrected chi connectivity index (χ3v) is 6.73. The fourth-order valence-corrected chi connectivity index (χ4v) is 4.80. The highest BCUT2D eigenvalue weighted by Crippen LogP contribution is 2.33. The molecular formula is C28H34N4O3. The van der Waals surface area contributed by atoms with Crippen molar-refractivity contribution in [3.05, 3.63) is 83.8 Å². The maximum atomic E-state index is 12.8. The van der Waals surface area contributed by atoms with Gasteiger partial charge in [0.2, 0.25) is 5.91 Å². The van der Waals surface area contributed by atoms with Crippen molar-refractivity contribution in [3.63, 3.8) is 0 Å². The van der Waals surface area contributed by atoms with Crippen LogP contribution in [0.1, 0.15) is 53.2 Å². The van der Waals surface area contributed by atoms with E-state index >= 15 is 0 Å². The summed E-state index contributed by atoms with van der Waals surface area (Å²) >= 11 is 0. The molecule has 2 N–H and O–H groups in total. The molecule has 4 rings (SSSR count). The van der Waals surface area contributed by atoms with E-state index in [1.807, 2.05) is 73.3 Å². The largest absolute Gasteiger partial charge is 0.468 e. The van der Waals surface area contributed by atoms with Crippen molar-refractivity contribution in [2.24, 2.45) is 5.73 Å². The summed E-state index contributed by atoms with van der Waals surface area (Å²) in [5, 5.41) is 0. The van der Waals surface area contributed by atoms with E-state index in [-0.39, 0.29) is 11.9 Å². The second kappa shape index (κ2) is 11.2. The van der Waals surface area contributed by atoms with E-state index in [2.05, 4.69) is 9.80 Å². The number of nitrogens with two attached hydrogens (primary N) is 1. The molecule has 0 atom stereocenters. The van der Waals surface area contributed by atoms with Gasteiger partial charge in [-0.2, -0.15) is 0 Å². The molecule has 2 heterocycles. The Morgan fingerprint density at radius 1 is 0.943 bits per heavy atom. The minimum atomic E-state index is -0.444. The molecule has 0 spiro atoms. The van der Waals surface area contributed by atoms with Crippen LogP contribution >= 0.6 is 0 Å². The van der Waals surface area contributed by atoms with Crippen molar-refractivity contribution < 1.29 is 14.0 Å². The van der Waals surface area contributed by atoms with Crippen LogP contribution in [0, 0.1) is 0 Å². The zero-order chi connectivity index (χ0) is 24.8. The van der Waals surface area contributed by atoms with E-state index < -0.39 is 5.91 Å². The minimum Gasteiger partial charge on any atom is -0.468 e. The summed E-state index contributed by atoms with van der Waals surface area (Å²) < 4.78 is 5.52. The molecule has 1 aliphatic heterocycles. The second-order valence-corrected chi connectivity index (χ2v) is 8.90. The van der Waals surface area contributed by atoms with Crippen molar-refractivity contribution in [1.29, 1.82) is 0 Å². The number of likely N-dealkylation sites (tertiary alicyclic amines) is 1. The van der Waals surface area contributed by atoms with Crippen molar-refractivity contribution in [2.75, 3.05) is 31.1 Å². The quantitative estimate of drug-likeness (QED) is 0.488. The smallest absolute Gasteiger partial charge is 0.253 e. The van der Waals surface area contributed by atoms with Crippen LogP contribution in [0.25, 0.3) is 0 Å². The number of carbonyl (C=O) groups excluding carboxylic acids is 2. The average Bonchev–Trinajstić information content (AvgIpc) is 3.39. The van der Waals surface area contributed by atoms with Crippen molar-refractivity contribution >= 4 is 23.2 Å². The van der Waals surface area contributed by atoms with Crippen LogP contribution < -0.4 is 10.6 Å². The molecule has 1 saturated heterocycles. The minimum absolute atomic E-state index is 0.0371. The molecule has 184 valence electrons. The lowest BCUT2D eigenvalue weighted by Crippen LogP contribution is -2.43. The summed E-state index contributed by atoms with van der Waals surface area (Å²) in [7, 11) is 0. The summed E-state index contributed by atoms with van der Waals surface area (Å²) in [6.45, 7) is 8.02. The summed E-state index contributed by atoms with van der Waals surface area (Å²) in [6.07, 6.45) is 3.63. The number of piperidine rings is 1. The Morgan fingerprint density at radius 3 is 2.26 bits per heavy atom. The molecule has 0 unspecified atom stereocenters. The maximum Gasteiger partial charge on any atom is 0.253 e. The number of carbonyl (C=O) groups is 2. The van der Waals surface area contributed by atoms with Crippen LogP contribution in [0.2, 0.25) is 0 Å². The van der Waals surface area contributed by atoms with E-state index in [0.29, 0.717) is 24.2 Å². The van der Waals surface area contributed by atoms with Gasteiger partial charge in [0.15, 0.2) is 0 Å². The SMILES string of the molecule is CCN(CC)C(=O)c1ccc(N(c2cccc(C(N)=O)c2)C2CCN(Cc3ccco3)CC2)cc1. The summed E-state index contributed by atoms with van der Waals surface area (Å²) in [4.78, 5) is 31.2. The third-order valence-electron chi connectivity index (χ3n) is 6.73. The van der Waals surface area contributed by atoms with Gasteiger partial charge >= 0.3 is 0 Å². The average molecular weight is 475 g/mol. The Bertz CT molecular complexity index is 1120. The first-order chi connectivity index (χ1) is 17.0. The standard InChI is InChI=1S/C28H34N4O3/c1-3-31(4-2)28(34)21-10-12-23(13-11-21)32(25-8-5-7-22(19-25)27(29)33)24-14-16-30(17-15-24)20-26-9-6-18-35-26/h5-13,18-19,24H,3-4,14-17,20H2,1-2H3,(H2,29,33). The van der Waals surface area contributed by atoms with E-state index in [9.17, 15) is 9.59 Å². The van der Waals surface area contributed by atoms with Gasteiger partial charge in [0.05, 0.1) is 12.8 Å². The normalized spacial score (nSPS) is 14.6. The van der Waals surface area contributed by atoms with Crippen molar-refractivity contribution in [3.8, 4) is 0 Å². The number of rotatable bonds is 9. The highest BCUT2D eigenvalue weighted by Gasteiger charge is 2.27. The van der Waals surface area contributed by atoms with Crippen LogP contribution in [-0.2, 0) is 6.54 Å². The van der Waals surface area contributed by atoms with Crippen molar-refractivity contribution in [2.45, 2.75) is 39.3 Å². The van der Waals surface area contributed by atoms with Gasteiger partial charge in [-0.3, -0.25) is 14.5 Å². The topological polar surface area (TPSA) is 83.0 Å². The van der Waals surface area contributed by atoms with Crippen LogP contribution in [0.15, 0.2) is 71.3 Å². The predicted octanol–water partition coefficient (Wildman–Crippen LogP) is 4.66. The molecule has 1 aromatic heterocycles. The number of hydrogen-bond donors (Lipinski definition) is 1. The van der Waals surface area contributed by atoms with Crippen LogP contribution in [0.3, 0.4) is 0 Å². The Hall–Kier alpha value is -3.58. The van der Waals surface area contributed by atoms with E-state index in [1.54, 1.807) is 12.3 Å². The summed E-state index contributed by atoms with van der Waals surface area (Å²) in [5.41, 5.74) is 8.65. The van der Waals surface area contributed by atoms with E-state index in [4.69, 9.17) is 10.2 Å². The zero-order valence-corrected chi connectivity index (χ0v) is 20.5. The summed E-state index contributed by atoms with van der Waals surface area (Å²) in [5.74, 6) is 0.568. The van der Waals surface area contributed by atoms with Gasteiger partial charge in [-0.05, 0) is 81.3 Å². The first-order valence-corrected chi connectivity index (χ1v) is 12.3. The molecule has 1 aliphatic rings. The molecule has 7 nitrogen and oxygen atoms in total. The summed E-state index contributed by atoms with van der Waals surface area (Å²) in [6, 6.07) is 19.4. The first kappa shape index (κ1) is 24.5. The molecule has 2 aromatic carbocycles. The molecule has 1 fully saturated rings. The van der Waals surface area contributed by atoms with E-state index in [0.717, 1.165) is 49.6 Å². The van der Waals surface area contributed by atoms with Gasteiger partial charge < -0.3 is 20.0 Å². The maximum absolute atomic E-state index is 12.8. The third kappa shape index (κ3) is 5.74. The van der Waals surface area contributed by atoms with Gasteiger partial charge in [0, 0.05) is 54.7 Å². The lowest BCUT2D eigenvalue weighted by Gasteiger charge is -2.40. The number of furan rings is 1. The highest BCUT2D eigenvalue weighted by molar-refractivity contribution is 5.95. The van der Waals surface area contributed by atoms with E-state index in [1.165, 1.54) is 0 Å². The molecule has 0 aliphatic carbocycles. The first-order valence-electron chi connectivity index (χ1n) is 12.3. The molecule has 3 aromatic rings. The van der Waals surface area contributed by atoms with Crippen LogP contribution in [0.5, 0.6) is 0 Å². The Balaban J connectivity index is 1.58. The lowest BCUT2D eigenvalue weighted by atomic mass is 10.00. The number of benzene rings is 2. The molecular weight excluding hydrogens is 440 g/mol. The molecule has 2 amide bonds. The Kier molecular flexibility index (Phi) is 7.87. The van der Waals surface area contributed by atoms with Gasteiger partial charge in [0.1, 0.15) is 5.76 Å². The zero-order valence-electron chi connectivity index (χ0n) is 20.5. The molecule has 7 heteroatoms. The Labute approximate surface area is 207 Å².